The molecule has 0 rings (SSSR count). The molecule has 0 radical (unpaired) electrons. The molecule has 0 aromatic carbocycles. The van der Waals surface area contributed by atoms with E-state index >= 15 is 0 Å². The van der Waals surface area contributed by atoms with Crippen molar-refractivity contribution in [3.63, 3.8) is 0 Å². The number of carbonyl (C=O) groups is 1. The molecule has 0 heterocycles. The second-order valence-corrected chi connectivity index (χ2v) is 3.33. The smallest absolute Gasteiger partial charge is 0.191 e. The lowest BCUT2D eigenvalue weighted by Gasteiger charge is -2.03. The molecule has 0 aliphatic heterocycles. The van der Waals surface area contributed by atoms with E-state index in [9.17, 15) is 4.79 Å². The molecule has 0 spiro atoms. The molecule has 1 unspecified atom stereocenters. The van der Waals surface area contributed by atoms with Crippen LogP contribution in [0.15, 0.2) is 0 Å². The summed E-state index contributed by atoms with van der Waals surface area (Å²) in [5, 5.41) is 0.333. The molecule has 0 aromatic rings. The summed E-state index contributed by atoms with van der Waals surface area (Å²) >= 11 is 1.43. The molecule has 0 N–H and O–H groups in total. The first-order valence-corrected chi connectivity index (χ1v) is 4.37. The molecule has 2 heteroatoms. The number of thioether (sulfide) groups is 1. The van der Waals surface area contributed by atoms with Crippen molar-refractivity contribution in [2.45, 2.75) is 27.2 Å². The van der Waals surface area contributed by atoms with Gasteiger partial charge in [0.2, 0.25) is 0 Å². The Labute approximate surface area is 61.2 Å². The molecule has 9 heavy (non-hydrogen) atoms. The van der Waals surface area contributed by atoms with Crippen molar-refractivity contribution in [3.8, 4) is 0 Å². The number of hydrogen-bond acceptors (Lipinski definition) is 2. The van der Waals surface area contributed by atoms with Crippen LogP contribution in [0.25, 0.3) is 0 Å². The molecule has 54 valence electrons. The third-order valence-corrected chi connectivity index (χ3v) is 2.28. The van der Waals surface area contributed by atoms with Gasteiger partial charge in [-0.2, -0.15) is 0 Å². The predicted octanol–water partition coefficient (Wildman–Crippen LogP) is 2.31. The van der Waals surface area contributed by atoms with Crippen molar-refractivity contribution >= 4 is 16.9 Å². The van der Waals surface area contributed by atoms with Gasteiger partial charge in [-0.1, -0.05) is 32.5 Å². The van der Waals surface area contributed by atoms with Crippen LogP contribution in [0.1, 0.15) is 27.2 Å². The molecule has 1 atom stereocenters. The van der Waals surface area contributed by atoms with Crippen LogP contribution in [0, 0.1) is 5.92 Å². The fourth-order valence-corrected chi connectivity index (χ4v) is 1.19. The number of hydrogen-bond donors (Lipinski definition) is 0. The Morgan fingerprint density at radius 3 is 2.44 bits per heavy atom. The first-order valence-electron chi connectivity index (χ1n) is 3.39. The molecule has 0 saturated heterocycles. The first kappa shape index (κ1) is 9.02. The van der Waals surface area contributed by atoms with E-state index in [1.165, 1.54) is 11.8 Å². The third kappa shape index (κ3) is 3.57. The Balaban J connectivity index is 3.46. The van der Waals surface area contributed by atoms with Gasteiger partial charge in [-0.25, -0.2) is 0 Å². The largest absolute Gasteiger partial charge is 0.287 e. The van der Waals surface area contributed by atoms with Gasteiger partial charge in [-0.15, -0.1) is 0 Å². The van der Waals surface area contributed by atoms with Crippen molar-refractivity contribution in [1.29, 1.82) is 0 Å². The average Bonchev–Trinajstić information content (AvgIpc) is 1.87. The maximum absolute atomic E-state index is 10.9. The minimum absolute atomic E-state index is 0.245. The van der Waals surface area contributed by atoms with Crippen LogP contribution in [-0.2, 0) is 4.79 Å². The van der Waals surface area contributed by atoms with E-state index < -0.39 is 0 Å². The van der Waals surface area contributed by atoms with Crippen molar-refractivity contribution in [2.24, 2.45) is 5.92 Å². The molecule has 0 bridgehead atoms. The molecule has 0 aliphatic carbocycles. The van der Waals surface area contributed by atoms with Crippen LogP contribution in [0.5, 0.6) is 0 Å². The summed E-state index contributed by atoms with van der Waals surface area (Å²) < 4.78 is 0. The van der Waals surface area contributed by atoms with E-state index in [1.807, 2.05) is 20.8 Å². The molecular formula is C7H14OS. The quantitative estimate of drug-likeness (QED) is 0.607. The molecule has 1 nitrogen and oxygen atoms in total. The normalized spacial score (nSPS) is 13.2. The zero-order valence-corrected chi connectivity index (χ0v) is 7.12. The average molecular weight is 146 g/mol. The lowest BCUT2D eigenvalue weighted by atomic mass is 10.1. The van der Waals surface area contributed by atoms with Crippen molar-refractivity contribution in [1.82, 2.24) is 0 Å². The minimum Gasteiger partial charge on any atom is -0.287 e. The second kappa shape index (κ2) is 4.86. The second-order valence-electron chi connectivity index (χ2n) is 2.06. The van der Waals surface area contributed by atoms with Gasteiger partial charge in [-0.05, 0) is 12.2 Å². The van der Waals surface area contributed by atoms with Crippen molar-refractivity contribution in [2.75, 3.05) is 5.75 Å². The third-order valence-electron chi connectivity index (χ3n) is 1.30. The lowest BCUT2D eigenvalue weighted by molar-refractivity contribution is -0.113. The Bertz CT molecular complexity index is 90.9. The van der Waals surface area contributed by atoms with Gasteiger partial charge in [0.25, 0.3) is 0 Å². The molecule has 0 saturated carbocycles. The summed E-state index contributed by atoms with van der Waals surface area (Å²) in [7, 11) is 0. The summed E-state index contributed by atoms with van der Waals surface area (Å²) in [6, 6.07) is 0. The summed E-state index contributed by atoms with van der Waals surface area (Å²) in [5.41, 5.74) is 0. The van der Waals surface area contributed by atoms with E-state index in [0.29, 0.717) is 5.12 Å². The summed E-state index contributed by atoms with van der Waals surface area (Å²) in [4.78, 5) is 10.9. The van der Waals surface area contributed by atoms with Crippen LogP contribution in [-0.4, -0.2) is 10.9 Å². The van der Waals surface area contributed by atoms with Crippen LogP contribution < -0.4 is 0 Å². The zero-order chi connectivity index (χ0) is 7.28. The van der Waals surface area contributed by atoms with E-state index in [-0.39, 0.29) is 5.92 Å². The van der Waals surface area contributed by atoms with Crippen molar-refractivity contribution in [3.05, 3.63) is 0 Å². The van der Waals surface area contributed by atoms with Crippen LogP contribution >= 0.6 is 11.8 Å². The lowest BCUT2D eigenvalue weighted by Crippen LogP contribution is -2.04. The monoisotopic (exact) mass is 146 g/mol. The highest BCUT2D eigenvalue weighted by Gasteiger charge is 2.08. The predicted molar refractivity (Wildman–Crippen MR) is 42.6 cm³/mol. The van der Waals surface area contributed by atoms with Gasteiger partial charge in [0.05, 0.1) is 0 Å². The van der Waals surface area contributed by atoms with E-state index in [4.69, 9.17) is 0 Å². The zero-order valence-electron chi connectivity index (χ0n) is 6.31. The van der Waals surface area contributed by atoms with Gasteiger partial charge in [0, 0.05) is 5.92 Å². The van der Waals surface area contributed by atoms with Crippen molar-refractivity contribution < 1.29 is 4.79 Å². The van der Waals surface area contributed by atoms with Gasteiger partial charge in [0.15, 0.2) is 5.12 Å². The standard InChI is InChI=1S/C7H14OS/c1-4-6(3)7(8)9-5-2/h6H,4-5H2,1-3H3. The van der Waals surface area contributed by atoms with Gasteiger partial charge in [-0.3, -0.25) is 4.79 Å². The van der Waals surface area contributed by atoms with Crippen LogP contribution in [0.4, 0.5) is 0 Å². The summed E-state index contributed by atoms with van der Waals surface area (Å²) in [5.74, 6) is 1.15. The SMILES string of the molecule is CCSC(=O)C(C)CC. The van der Waals surface area contributed by atoms with Gasteiger partial charge in [0.1, 0.15) is 0 Å². The highest BCUT2D eigenvalue weighted by molar-refractivity contribution is 8.13. The molecule has 0 amide bonds. The Hall–Kier alpha value is 0.0200. The fourth-order valence-electron chi connectivity index (χ4n) is 0.451. The topological polar surface area (TPSA) is 17.1 Å². The Morgan fingerprint density at radius 1 is 1.56 bits per heavy atom. The molecule has 0 aromatic heterocycles. The highest BCUT2D eigenvalue weighted by Crippen LogP contribution is 2.12. The number of carbonyl (C=O) groups excluding carboxylic acids is 1. The highest BCUT2D eigenvalue weighted by atomic mass is 32.2. The maximum atomic E-state index is 10.9. The van der Waals surface area contributed by atoms with Gasteiger partial charge < -0.3 is 0 Å². The minimum atomic E-state index is 0.245. The molecule has 0 fully saturated rings. The molecule has 0 aliphatic rings. The molecular weight excluding hydrogens is 132 g/mol. The van der Waals surface area contributed by atoms with E-state index in [0.717, 1.165) is 12.2 Å². The number of rotatable bonds is 3. The Kier molecular flexibility index (Phi) is 4.87. The summed E-state index contributed by atoms with van der Waals surface area (Å²) in [6.45, 7) is 6.02. The van der Waals surface area contributed by atoms with Gasteiger partial charge >= 0.3 is 0 Å². The summed E-state index contributed by atoms with van der Waals surface area (Å²) in [6.07, 6.45) is 0.964. The van der Waals surface area contributed by atoms with E-state index in [2.05, 4.69) is 0 Å². The first-order chi connectivity index (χ1) is 4.22. The fraction of sp³-hybridized carbons (Fsp3) is 0.857. The van der Waals surface area contributed by atoms with Crippen LogP contribution in [0.2, 0.25) is 0 Å². The van der Waals surface area contributed by atoms with Crippen LogP contribution in [0.3, 0.4) is 0 Å². The van der Waals surface area contributed by atoms with E-state index in [1.54, 1.807) is 0 Å². The Morgan fingerprint density at radius 2 is 2.11 bits per heavy atom. The maximum Gasteiger partial charge on any atom is 0.191 e.